The summed E-state index contributed by atoms with van der Waals surface area (Å²) < 4.78 is 5.88. The van der Waals surface area contributed by atoms with Crippen molar-refractivity contribution < 1.29 is 9.53 Å². The summed E-state index contributed by atoms with van der Waals surface area (Å²) in [5.74, 6) is 2.13. The number of carbonyl (C=O) groups is 1. The predicted molar refractivity (Wildman–Crippen MR) is 113 cm³/mol. The molecule has 2 aliphatic heterocycles. The first-order valence-corrected chi connectivity index (χ1v) is 10.5. The Kier molecular flexibility index (Phi) is 6.16. The van der Waals surface area contributed by atoms with Crippen LogP contribution in [-0.4, -0.2) is 71.5 Å². The van der Waals surface area contributed by atoms with Crippen molar-refractivity contribution in [3.05, 3.63) is 41.2 Å². The molecule has 1 aromatic carbocycles. The maximum absolute atomic E-state index is 12.4. The molecule has 0 bridgehead atoms. The average Bonchev–Trinajstić information content (AvgIpc) is 3.27. The Morgan fingerprint density at radius 3 is 2.59 bits per heavy atom. The van der Waals surface area contributed by atoms with Crippen LogP contribution < -0.4 is 9.64 Å². The molecule has 0 radical (unpaired) electrons. The number of piperazine rings is 1. The second-order valence-corrected chi connectivity index (χ2v) is 8.01. The van der Waals surface area contributed by atoms with Crippen LogP contribution in [0.4, 0.5) is 5.82 Å². The molecule has 4 rings (SSSR count). The number of nitrogens with zero attached hydrogens (tertiary/aromatic N) is 5. The molecule has 2 saturated heterocycles. The second-order valence-electron chi connectivity index (χ2n) is 7.60. The van der Waals surface area contributed by atoms with E-state index in [2.05, 4.69) is 19.8 Å². The van der Waals surface area contributed by atoms with Crippen LogP contribution in [-0.2, 0) is 4.79 Å². The third-order valence-electron chi connectivity index (χ3n) is 5.44. The normalized spacial score (nSPS) is 17.6. The first-order valence-electron chi connectivity index (χ1n) is 10.1. The van der Waals surface area contributed by atoms with Crippen LogP contribution in [0.25, 0.3) is 0 Å². The summed E-state index contributed by atoms with van der Waals surface area (Å²) in [4.78, 5) is 27.4. The van der Waals surface area contributed by atoms with Crippen molar-refractivity contribution in [3.63, 3.8) is 0 Å². The predicted octanol–water partition coefficient (Wildman–Crippen LogP) is 2.98. The summed E-state index contributed by atoms with van der Waals surface area (Å²) in [6.45, 7) is 7.62. The molecule has 0 saturated carbocycles. The molecule has 1 aromatic heterocycles. The molecule has 7 nitrogen and oxygen atoms in total. The third-order valence-corrected chi connectivity index (χ3v) is 5.75. The number of ether oxygens (including phenoxy) is 1. The number of carbonyl (C=O) groups excluding carboxylic acids is 1. The maximum atomic E-state index is 12.4. The molecule has 2 fully saturated rings. The Bertz CT molecular complexity index is 864. The van der Waals surface area contributed by atoms with Gasteiger partial charge in [0.15, 0.2) is 0 Å². The molecule has 0 atom stereocenters. The smallest absolute Gasteiger partial charge is 0.236 e. The summed E-state index contributed by atoms with van der Waals surface area (Å²) in [6.07, 6.45) is 3.77. The van der Waals surface area contributed by atoms with Gasteiger partial charge in [-0.15, -0.1) is 0 Å². The molecule has 0 unspecified atom stereocenters. The fraction of sp³-hybridized carbons (Fsp3) is 0.476. The molecular formula is C21H26ClN5O2. The van der Waals surface area contributed by atoms with Crippen molar-refractivity contribution in [2.24, 2.45) is 0 Å². The van der Waals surface area contributed by atoms with Gasteiger partial charge in [-0.05, 0) is 37.5 Å². The number of aromatic nitrogens is 2. The van der Waals surface area contributed by atoms with E-state index in [-0.39, 0.29) is 5.91 Å². The minimum atomic E-state index is 0.253. The molecule has 2 aliphatic rings. The first kappa shape index (κ1) is 19.9. The summed E-state index contributed by atoms with van der Waals surface area (Å²) in [7, 11) is 0. The molecule has 1 amide bonds. The van der Waals surface area contributed by atoms with E-state index in [0.717, 1.165) is 63.5 Å². The van der Waals surface area contributed by atoms with Crippen LogP contribution in [0.2, 0.25) is 5.02 Å². The highest BCUT2D eigenvalue weighted by Crippen LogP contribution is 2.30. The van der Waals surface area contributed by atoms with E-state index in [9.17, 15) is 4.79 Å². The van der Waals surface area contributed by atoms with Gasteiger partial charge in [-0.2, -0.15) is 0 Å². The van der Waals surface area contributed by atoms with Crippen molar-refractivity contribution in [1.29, 1.82) is 0 Å². The average molecular weight is 416 g/mol. The number of hydrogen-bond acceptors (Lipinski definition) is 6. The molecule has 2 aromatic rings. The summed E-state index contributed by atoms with van der Waals surface area (Å²) in [5.41, 5.74) is 1.07. The van der Waals surface area contributed by atoms with Crippen LogP contribution >= 0.6 is 11.6 Å². The first-order chi connectivity index (χ1) is 14.1. The Morgan fingerprint density at radius 1 is 1.07 bits per heavy atom. The van der Waals surface area contributed by atoms with Gasteiger partial charge < -0.3 is 14.5 Å². The summed E-state index contributed by atoms with van der Waals surface area (Å²) in [6, 6.07) is 7.48. The van der Waals surface area contributed by atoms with Gasteiger partial charge in [-0.3, -0.25) is 9.69 Å². The van der Waals surface area contributed by atoms with Crippen LogP contribution in [0.5, 0.6) is 11.6 Å². The minimum Gasteiger partial charge on any atom is -0.437 e. The van der Waals surface area contributed by atoms with Crippen LogP contribution in [0.1, 0.15) is 18.4 Å². The van der Waals surface area contributed by atoms with E-state index in [0.29, 0.717) is 23.2 Å². The number of anilines is 1. The number of rotatable bonds is 5. The number of halogens is 1. The van der Waals surface area contributed by atoms with Gasteiger partial charge in [0.25, 0.3) is 0 Å². The highest BCUT2D eigenvalue weighted by atomic mass is 35.5. The van der Waals surface area contributed by atoms with Crippen LogP contribution in [0.15, 0.2) is 30.6 Å². The van der Waals surface area contributed by atoms with Gasteiger partial charge in [0.2, 0.25) is 11.8 Å². The highest BCUT2D eigenvalue weighted by molar-refractivity contribution is 6.32. The SMILES string of the molecule is Cc1ccc(Cl)c(Oc2cc(N3CCN(CC(=O)N4CCCC4)CC3)ncn2)c1. The van der Waals surface area contributed by atoms with Crippen molar-refractivity contribution in [2.45, 2.75) is 19.8 Å². The van der Waals surface area contributed by atoms with E-state index in [1.165, 1.54) is 6.33 Å². The van der Waals surface area contributed by atoms with E-state index >= 15 is 0 Å². The standard InChI is InChI=1S/C21H26ClN5O2/c1-16-4-5-17(22)18(12-16)29-20-13-19(23-15-24-20)26-10-8-25(9-11-26)14-21(28)27-6-2-3-7-27/h4-5,12-13,15H,2-3,6-11,14H2,1H3. The van der Waals surface area contributed by atoms with Crippen molar-refractivity contribution in [1.82, 2.24) is 19.8 Å². The zero-order valence-electron chi connectivity index (χ0n) is 16.7. The molecule has 8 heteroatoms. The lowest BCUT2D eigenvalue weighted by molar-refractivity contribution is -0.131. The zero-order chi connectivity index (χ0) is 20.2. The third kappa shape index (κ3) is 4.97. The van der Waals surface area contributed by atoms with E-state index in [4.69, 9.17) is 16.3 Å². The lowest BCUT2D eigenvalue weighted by Crippen LogP contribution is -2.50. The van der Waals surface area contributed by atoms with Gasteiger partial charge in [0.1, 0.15) is 17.9 Å². The van der Waals surface area contributed by atoms with Gasteiger partial charge in [-0.25, -0.2) is 9.97 Å². The van der Waals surface area contributed by atoms with Crippen molar-refractivity contribution in [3.8, 4) is 11.6 Å². The number of aryl methyl sites for hydroxylation is 1. The summed E-state index contributed by atoms with van der Waals surface area (Å²) in [5, 5.41) is 0.548. The maximum Gasteiger partial charge on any atom is 0.236 e. The van der Waals surface area contributed by atoms with Crippen molar-refractivity contribution >= 4 is 23.3 Å². The lowest BCUT2D eigenvalue weighted by atomic mass is 10.2. The van der Waals surface area contributed by atoms with E-state index < -0.39 is 0 Å². The van der Waals surface area contributed by atoms with Crippen LogP contribution in [0.3, 0.4) is 0 Å². The quantitative estimate of drug-likeness (QED) is 0.748. The molecule has 3 heterocycles. The molecule has 0 spiro atoms. The number of amides is 1. The van der Waals surface area contributed by atoms with Gasteiger partial charge >= 0.3 is 0 Å². The number of benzene rings is 1. The van der Waals surface area contributed by atoms with Gasteiger partial charge in [-0.1, -0.05) is 17.7 Å². The Labute approximate surface area is 176 Å². The van der Waals surface area contributed by atoms with Crippen molar-refractivity contribution in [2.75, 3.05) is 50.7 Å². The molecule has 154 valence electrons. The Morgan fingerprint density at radius 2 is 1.83 bits per heavy atom. The molecule has 0 aliphatic carbocycles. The molecular weight excluding hydrogens is 390 g/mol. The van der Waals surface area contributed by atoms with Gasteiger partial charge in [0.05, 0.1) is 11.6 Å². The molecule has 0 N–H and O–H groups in total. The topological polar surface area (TPSA) is 61.8 Å². The summed E-state index contributed by atoms with van der Waals surface area (Å²) >= 11 is 6.22. The largest absolute Gasteiger partial charge is 0.437 e. The zero-order valence-corrected chi connectivity index (χ0v) is 17.4. The second kappa shape index (κ2) is 8.97. The monoisotopic (exact) mass is 415 g/mol. The fourth-order valence-corrected chi connectivity index (χ4v) is 3.91. The van der Waals surface area contributed by atoms with E-state index in [1.807, 2.05) is 36.1 Å². The number of hydrogen-bond donors (Lipinski definition) is 0. The minimum absolute atomic E-state index is 0.253. The van der Waals surface area contributed by atoms with E-state index in [1.54, 1.807) is 0 Å². The van der Waals surface area contributed by atoms with Gasteiger partial charge in [0, 0.05) is 45.3 Å². The Balaban J connectivity index is 1.34. The Hall–Kier alpha value is -2.38. The molecule has 29 heavy (non-hydrogen) atoms. The highest BCUT2D eigenvalue weighted by Gasteiger charge is 2.24. The lowest BCUT2D eigenvalue weighted by Gasteiger charge is -2.35. The fourth-order valence-electron chi connectivity index (χ4n) is 3.75. The van der Waals surface area contributed by atoms with Crippen LogP contribution in [0, 0.1) is 6.92 Å². The number of likely N-dealkylation sites (tertiary alicyclic amines) is 1.